The number of rotatable bonds is 22. The zero-order valence-corrected chi connectivity index (χ0v) is 21.6. The lowest BCUT2D eigenvalue weighted by atomic mass is 10.1. The van der Waals surface area contributed by atoms with E-state index in [4.69, 9.17) is 37.9 Å². The Bertz CT molecular complexity index is 991. The van der Waals surface area contributed by atoms with Gasteiger partial charge in [-0.05, 0) is 29.7 Å². The first-order valence-corrected chi connectivity index (χ1v) is 12.3. The second kappa shape index (κ2) is 19.6. The van der Waals surface area contributed by atoms with Gasteiger partial charge in [0.05, 0.1) is 52.9 Å². The molecule has 0 aliphatic rings. The molecule has 0 saturated carbocycles. The van der Waals surface area contributed by atoms with Crippen LogP contribution >= 0.6 is 0 Å². The lowest BCUT2D eigenvalue weighted by Crippen LogP contribution is -2.13. The van der Waals surface area contributed by atoms with Crippen LogP contribution in [0.1, 0.15) is 0 Å². The van der Waals surface area contributed by atoms with E-state index in [2.05, 4.69) is 13.2 Å². The Labute approximate surface area is 223 Å². The monoisotopic (exact) mass is 532 g/mol. The molecule has 0 N–H and O–H groups in total. The van der Waals surface area contributed by atoms with Gasteiger partial charge in [0.2, 0.25) is 0 Å². The molecule has 208 valence electrons. The van der Waals surface area contributed by atoms with Gasteiger partial charge in [-0.1, -0.05) is 25.3 Å². The lowest BCUT2D eigenvalue weighted by molar-refractivity contribution is -0.140. The molecule has 0 fully saturated rings. The highest BCUT2D eigenvalue weighted by atomic mass is 16.6. The zero-order chi connectivity index (χ0) is 27.3. The van der Waals surface area contributed by atoms with E-state index in [-0.39, 0.29) is 13.2 Å². The number of carbonyl (C=O) groups is 2. The highest BCUT2D eigenvalue weighted by molar-refractivity contribution is 5.89. The third-order valence-corrected chi connectivity index (χ3v) is 4.81. The molecule has 0 aliphatic carbocycles. The van der Waals surface area contributed by atoms with Crippen molar-refractivity contribution in [1.82, 2.24) is 0 Å². The predicted octanol–water partition coefficient (Wildman–Crippen LogP) is 3.12. The summed E-state index contributed by atoms with van der Waals surface area (Å²) in [7, 11) is 0. The van der Waals surface area contributed by atoms with Crippen molar-refractivity contribution in [1.29, 1.82) is 0 Å². The summed E-state index contributed by atoms with van der Waals surface area (Å²) in [4.78, 5) is 21.8. The lowest BCUT2D eigenvalue weighted by Gasteiger charge is -2.12. The van der Waals surface area contributed by atoms with E-state index in [1.165, 1.54) is 0 Å². The van der Waals surface area contributed by atoms with Gasteiger partial charge < -0.3 is 37.9 Å². The predicted molar refractivity (Wildman–Crippen MR) is 141 cm³/mol. The van der Waals surface area contributed by atoms with E-state index < -0.39 is 11.9 Å². The Kier molecular flexibility index (Phi) is 15.9. The fourth-order valence-electron chi connectivity index (χ4n) is 3.04. The minimum absolute atomic E-state index is 0.185. The second-order valence-corrected chi connectivity index (χ2v) is 7.53. The van der Waals surface area contributed by atoms with E-state index >= 15 is 0 Å². The molecular formula is C28H36O10. The summed E-state index contributed by atoms with van der Waals surface area (Å²) in [6.45, 7) is 10.9. The Balaban J connectivity index is 1.56. The first-order valence-electron chi connectivity index (χ1n) is 12.3. The number of benzene rings is 2. The molecule has 2 aromatic carbocycles. The van der Waals surface area contributed by atoms with Crippen molar-refractivity contribution in [3.63, 3.8) is 0 Å². The number of fused-ring (bicyclic) bond motifs is 1. The van der Waals surface area contributed by atoms with Crippen LogP contribution in [0.5, 0.6) is 11.5 Å². The molecule has 0 saturated heterocycles. The summed E-state index contributed by atoms with van der Waals surface area (Å²) in [5.41, 5.74) is 0. The smallest absolute Gasteiger partial charge is 0.330 e. The van der Waals surface area contributed by atoms with Crippen molar-refractivity contribution >= 4 is 22.7 Å². The van der Waals surface area contributed by atoms with E-state index in [0.717, 1.165) is 34.4 Å². The molecule has 0 aromatic heterocycles. The van der Waals surface area contributed by atoms with Crippen LogP contribution < -0.4 is 9.47 Å². The standard InChI is InChI=1S/C28H36O10/c1-3-27(29)37-20-16-33-12-10-31-14-18-35-24-8-9-25-23(22-24)6-5-7-26(25)36-19-15-32-11-13-34-17-21-38-28(30)4-2/h3-9,22H,1-2,10-21H2. The van der Waals surface area contributed by atoms with Gasteiger partial charge in [0.1, 0.15) is 37.9 Å². The highest BCUT2D eigenvalue weighted by Crippen LogP contribution is 2.28. The first-order chi connectivity index (χ1) is 18.6. The van der Waals surface area contributed by atoms with E-state index in [1.807, 2.05) is 36.4 Å². The molecule has 0 heterocycles. The van der Waals surface area contributed by atoms with Crippen LogP contribution in [-0.4, -0.2) is 91.2 Å². The number of carbonyl (C=O) groups excluding carboxylic acids is 2. The van der Waals surface area contributed by atoms with E-state index in [1.54, 1.807) is 0 Å². The third kappa shape index (κ3) is 13.2. The van der Waals surface area contributed by atoms with Crippen LogP contribution in [0.25, 0.3) is 10.8 Å². The molecule has 0 amide bonds. The van der Waals surface area contributed by atoms with Crippen LogP contribution in [0.2, 0.25) is 0 Å². The van der Waals surface area contributed by atoms with Gasteiger partial charge in [0.15, 0.2) is 0 Å². The quantitative estimate of drug-likeness (QED) is 0.128. The van der Waals surface area contributed by atoms with Crippen molar-refractivity contribution < 1.29 is 47.5 Å². The molecule has 0 aliphatic heterocycles. The molecule has 10 nitrogen and oxygen atoms in total. The van der Waals surface area contributed by atoms with E-state index in [9.17, 15) is 9.59 Å². The number of esters is 2. The fourth-order valence-corrected chi connectivity index (χ4v) is 3.04. The maximum absolute atomic E-state index is 10.9. The minimum atomic E-state index is -0.466. The van der Waals surface area contributed by atoms with Gasteiger partial charge in [0, 0.05) is 17.5 Å². The van der Waals surface area contributed by atoms with Crippen molar-refractivity contribution in [3.8, 4) is 11.5 Å². The van der Waals surface area contributed by atoms with Gasteiger partial charge in [-0.15, -0.1) is 0 Å². The molecule has 2 aromatic rings. The van der Waals surface area contributed by atoms with Gasteiger partial charge in [0.25, 0.3) is 0 Å². The summed E-state index contributed by atoms with van der Waals surface area (Å²) >= 11 is 0. The van der Waals surface area contributed by atoms with Gasteiger partial charge in [-0.25, -0.2) is 9.59 Å². The molecule has 0 unspecified atom stereocenters. The van der Waals surface area contributed by atoms with Crippen molar-refractivity contribution in [2.75, 3.05) is 79.3 Å². The molecule has 38 heavy (non-hydrogen) atoms. The topological polar surface area (TPSA) is 108 Å². The molecule has 2 rings (SSSR count). The summed E-state index contributed by atoms with van der Waals surface area (Å²) in [6, 6.07) is 11.6. The normalized spacial score (nSPS) is 10.6. The largest absolute Gasteiger partial charge is 0.491 e. The maximum atomic E-state index is 10.9. The summed E-state index contributed by atoms with van der Waals surface area (Å²) in [6.07, 6.45) is 2.22. The maximum Gasteiger partial charge on any atom is 0.330 e. The third-order valence-electron chi connectivity index (χ3n) is 4.81. The number of hydrogen-bond acceptors (Lipinski definition) is 10. The van der Waals surface area contributed by atoms with E-state index in [0.29, 0.717) is 66.1 Å². The Morgan fingerprint density at radius 2 is 1.11 bits per heavy atom. The first kappa shape index (κ1) is 30.8. The molecule has 0 bridgehead atoms. The van der Waals surface area contributed by atoms with Crippen LogP contribution in [0.15, 0.2) is 61.7 Å². The molecule has 0 atom stereocenters. The minimum Gasteiger partial charge on any atom is -0.491 e. The zero-order valence-electron chi connectivity index (χ0n) is 21.6. The summed E-state index contributed by atoms with van der Waals surface area (Å²) in [5.74, 6) is 0.569. The Morgan fingerprint density at radius 3 is 1.66 bits per heavy atom. The molecule has 0 spiro atoms. The Hall–Kier alpha value is -3.44. The van der Waals surface area contributed by atoms with Crippen molar-refractivity contribution in [2.45, 2.75) is 0 Å². The van der Waals surface area contributed by atoms with Crippen LogP contribution in [0.4, 0.5) is 0 Å². The number of hydrogen-bond donors (Lipinski definition) is 0. The van der Waals surface area contributed by atoms with Crippen molar-refractivity contribution in [3.05, 3.63) is 61.7 Å². The van der Waals surface area contributed by atoms with Gasteiger partial charge in [-0.2, -0.15) is 0 Å². The van der Waals surface area contributed by atoms with Crippen molar-refractivity contribution in [2.24, 2.45) is 0 Å². The molecule has 0 radical (unpaired) electrons. The van der Waals surface area contributed by atoms with Gasteiger partial charge in [-0.3, -0.25) is 0 Å². The average Bonchev–Trinajstić information content (AvgIpc) is 2.94. The van der Waals surface area contributed by atoms with Crippen LogP contribution in [-0.2, 0) is 38.0 Å². The second-order valence-electron chi connectivity index (χ2n) is 7.53. The fraction of sp³-hybridized carbons (Fsp3) is 0.429. The van der Waals surface area contributed by atoms with Gasteiger partial charge >= 0.3 is 11.9 Å². The molecule has 10 heteroatoms. The average molecular weight is 533 g/mol. The van der Waals surface area contributed by atoms with Crippen LogP contribution in [0.3, 0.4) is 0 Å². The molecular weight excluding hydrogens is 496 g/mol. The van der Waals surface area contributed by atoms with Crippen LogP contribution in [0, 0.1) is 0 Å². The SMILES string of the molecule is C=CC(=O)OCCOCCOCCOc1ccc2c(OCCOCCOCCOC(=O)C=C)cccc2c1. The Morgan fingerprint density at radius 1 is 0.605 bits per heavy atom. The highest BCUT2D eigenvalue weighted by Gasteiger charge is 2.05. The summed E-state index contributed by atoms with van der Waals surface area (Å²) in [5, 5.41) is 1.97. The number of ether oxygens (including phenoxy) is 8. The summed E-state index contributed by atoms with van der Waals surface area (Å²) < 4.78 is 42.9.